The molecule has 1 heterocycles. The Morgan fingerprint density at radius 3 is 2.62 bits per heavy atom. The summed E-state index contributed by atoms with van der Waals surface area (Å²) in [5, 5.41) is 11.6. The molecule has 0 aromatic heterocycles. The Hall–Kier alpha value is -1.85. The van der Waals surface area contributed by atoms with E-state index in [1.54, 1.807) is 4.90 Å². The number of carboxylic acids is 1. The van der Waals surface area contributed by atoms with Crippen molar-refractivity contribution < 1.29 is 19.5 Å². The number of carboxylic acid groups (broad SMARTS) is 1. The molecule has 0 bridgehead atoms. The summed E-state index contributed by atoms with van der Waals surface area (Å²) in [6.45, 7) is 8.18. The molecule has 0 aromatic rings. The number of nitrogens with one attached hydrogen (secondary N) is 1. The lowest BCUT2D eigenvalue weighted by molar-refractivity contribution is -0.144. The van der Waals surface area contributed by atoms with Gasteiger partial charge in [-0.3, -0.25) is 9.59 Å². The molecule has 1 fully saturated rings. The Balaban J connectivity index is 2.63. The van der Waals surface area contributed by atoms with Crippen LogP contribution in [0.3, 0.4) is 0 Å². The van der Waals surface area contributed by atoms with Crippen LogP contribution in [0, 0.1) is 11.8 Å². The van der Waals surface area contributed by atoms with Crippen LogP contribution >= 0.6 is 0 Å². The van der Waals surface area contributed by atoms with Crippen molar-refractivity contribution in [3.05, 3.63) is 12.7 Å². The Kier molecular flexibility index (Phi) is 6.39. The van der Waals surface area contributed by atoms with E-state index in [0.717, 1.165) is 6.42 Å². The highest BCUT2D eigenvalue weighted by molar-refractivity contribution is 5.86. The molecule has 0 saturated carbocycles. The molecular weight excluding hydrogens is 272 g/mol. The van der Waals surface area contributed by atoms with E-state index in [4.69, 9.17) is 5.11 Å². The Labute approximate surface area is 125 Å². The summed E-state index contributed by atoms with van der Waals surface area (Å²) in [7, 11) is 0. The summed E-state index contributed by atoms with van der Waals surface area (Å²) in [6.07, 6.45) is 3.08. The molecule has 118 valence electrons. The van der Waals surface area contributed by atoms with E-state index < -0.39 is 12.0 Å². The molecule has 2 N–H and O–H groups in total. The molecule has 0 aromatic carbocycles. The smallest absolute Gasteiger partial charge is 0.326 e. The molecule has 1 aliphatic heterocycles. The Bertz CT molecular complexity index is 420. The number of carbonyl (C=O) groups is 3. The van der Waals surface area contributed by atoms with Crippen LogP contribution in [-0.4, -0.2) is 46.9 Å². The van der Waals surface area contributed by atoms with Crippen molar-refractivity contribution in [2.75, 3.05) is 13.1 Å². The van der Waals surface area contributed by atoms with E-state index in [0.29, 0.717) is 19.5 Å². The van der Waals surface area contributed by atoms with Gasteiger partial charge in [0.15, 0.2) is 0 Å². The third-order valence-corrected chi connectivity index (χ3v) is 3.61. The van der Waals surface area contributed by atoms with Gasteiger partial charge in [-0.2, -0.15) is 0 Å². The van der Waals surface area contributed by atoms with Crippen LogP contribution in [0.15, 0.2) is 12.7 Å². The van der Waals surface area contributed by atoms with Gasteiger partial charge < -0.3 is 15.3 Å². The predicted molar refractivity (Wildman–Crippen MR) is 78.5 cm³/mol. The van der Waals surface area contributed by atoms with Gasteiger partial charge in [0.05, 0.1) is 5.92 Å². The van der Waals surface area contributed by atoms with Crippen molar-refractivity contribution in [2.45, 2.75) is 39.2 Å². The highest BCUT2D eigenvalue weighted by Gasteiger charge is 2.31. The first kappa shape index (κ1) is 17.2. The number of likely N-dealkylation sites (tertiary alicyclic amines) is 1. The minimum Gasteiger partial charge on any atom is -0.480 e. The highest BCUT2D eigenvalue weighted by Crippen LogP contribution is 2.19. The van der Waals surface area contributed by atoms with Crippen molar-refractivity contribution in [2.24, 2.45) is 11.8 Å². The largest absolute Gasteiger partial charge is 0.480 e. The molecule has 0 aliphatic carbocycles. The number of hydrogen-bond donors (Lipinski definition) is 2. The molecule has 21 heavy (non-hydrogen) atoms. The van der Waals surface area contributed by atoms with E-state index in [1.807, 2.05) is 13.8 Å². The van der Waals surface area contributed by atoms with Crippen LogP contribution in [0.25, 0.3) is 0 Å². The summed E-state index contributed by atoms with van der Waals surface area (Å²) in [6, 6.07) is -0.953. The molecule has 1 saturated heterocycles. The number of aliphatic carboxylic acids is 1. The average molecular weight is 296 g/mol. The summed E-state index contributed by atoms with van der Waals surface area (Å²) in [4.78, 5) is 36.9. The van der Waals surface area contributed by atoms with Crippen molar-refractivity contribution in [3.63, 3.8) is 0 Å². The highest BCUT2D eigenvalue weighted by atomic mass is 16.4. The first-order valence-corrected chi connectivity index (χ1v) is 7.29. The standard InChI is InChI=1S/C15H24N2O4/c1-4-6-12(15(20)21)16-13(18)11-7-5-8-17(9-11)14(19)10(2)3/h4,10-12H,1,5-9H2,2-3H3,(H,16,18)(H,20,21). The fourth-order valence-corrected chi connectivity index (χ4v) is 2.43. The van der Waals surface area contributed by atoms with Gasteiger partial charge in [0.2, 0.25) is 11.8 Å². The predicted octanol–water partition coefficient (Wildman–Crippen LogP) is 1.03. The van der Waals surface area contributed by atoms with E-state index in [1.165, 1.54) is 6.08 Å². The topological polar surface area (TPSA) is 86.7 Å². The second kappa shape index (κ2) is 7.81. The number of nitrogens with zero attached hydrogens (tertiary/aromatic N) is 1. The van der Waals surface area contributed by atoms with Gasteiger partial charge in [0.1, 0.15) is 6.04 Å². The maximum Gasteiger partial charge on any atom is 0.326 e. The molecule has 1 rings (SSSR count). The second-order valence-electron chi connectivity index (χ2n) is 5.70. The SMILES string of the molecule is C=CCC(NC(=O)C1CCCN(C(=O)C(C)C)C1)C(=O)O. The lowest BCUT2D eigenvalue weighted by Crippen LogP contribution is -2.49. The second-order valence-corrected chi connectivity index (χ2v) is 5.70. The number of hydrogen-bond acceptors (Lipinski definition) is 3. The number of carbonyl (C=O) groups excluding carboxylic acids is 2. The molecular formula is C15H24N2O4. The molecule has 6 heteroatoms. The molecule has 2 amide bonds. The third kappa shape index (κ3) is 4.88. The van der Waals surface area contributed by atoms with Gasteiger partial charge >= 0.3 is 5.97 Å². The zero-order valence-corrected chi connectivity index (χ0v) is 12.7. The zero-order valence-electron chi connectivity index (χ0n) is 12.7. The van der Waals surface area contributed by atoms with E-state index >= 15 is 0 Å². The van der Waals surface area contributed by atoms with Crippen LogP contribution in [0.4, 0.5) is 0 Å². The third-order valence-electron chi connectivity index (χ3n) is 3.61. The molecule has 6 nitrogen and oxygen atoms in total. The Morgan fingerprint density at radius 2 is 2.10 bits per heavy atom. The van der Waals surface area contributed by atoms with Gasteiger partial charge in [0.25, 0.3) is 0 Å². The van der Waals surface area contributed by atoms with Crippen LogP contribution in [0.1, 0.15) is 33.1 Å². The van der Waals surface area contributed by atoms with Crippen molar-refractivity contribution in [3.8, 4) is 0 Å². The van der Waals surface area contributed by atoms with Gasteiger partial charge in [-0.15, -0.1) is 6.58 Å². The summed E-state index contributed by atoms with van der Waals surface area (Å²) < 4.78 is 0. The van der Waals surface area contributed by atoms with Crippen LogP contribution < -0.4 is 5.32 Å². The van der Waals surface area contributed by atoms with Gasteiger partial charge in [-0.25, -0.2) is 4.79 Å². The molecule has 2 atom stereocenters. The molecule has 1 aliphatic rings. The van der Waals surface area contributed by atoms with E-state index in [-0.39, 0.29) is 30.1 Å². The van der Waals surface area contributed by atoms with Crippen LogP contribution in [0.5, 0.6) is 0 Å². The minimum atomic E-state index is -1.07. The van der Waals surface area contributed by atoms with Crippen molar-refractivity contribution in [1.82, 2.24) is 10.2 Å². The lowest BCUT2D eigenvalue weighted by atomic mass is 9.95. The first-order valence-electron chi connectivity index (χ1n) is 7.29. The minimum absolute atomic E-state index is 0.0355. The molecule has 0 radical (unpaired) electrons. The summed E-state index contributed by atoms with van der Waals surface area (Å²) in [5.74, 6) is -1.78. The molecule has 0 spiro atoms. The quantitative estimate of drug-likeness (QED) is 0.717. The lowest BCUT2D eigenvalue weighted by Gasteiger charge is -2.33. The van der Waals surface area contributed by atoms with Gasteiger partial charge in [0, 0.05) is 19.0 Å². The number of piperidine rings is 1. The summed E-state index contributed by atoms with van der Waals surface area (Å²) in [5.41, 5.74) is 0. The maximum absolute atomic E-state index is 12.2. The maximum atomic E-state index is 12.2. The van der Waals surface area contributed by atoms with E-state index in [9.17, 15) is 14.4 Å². The zero-order chi connectivity index (χ0) is 16.0. The first-order chi connectivity index (χ1) is 9.86. The van der Waals surface area contributed by atoms with Crippen molar-refractivity contribution >= 4 is 17.8 Å². The van der Waals surface area contributed by atoms with Crippen LogP contribution in [-0.2, 0) is 14.4 Å². The van der Waals surface area contributed by atoms with Gasteiger partial charge in [-0.05, 0) is 19.3 Å². The average Bonchev–Trinajstić information content (AvgIpc) is 2.45. The van der Waals surface area contributed by atoms with E-state index in [2.05, 4.69) is 11.9 Å². The normalized spacial score (nSPS) is 20.0. The molecule has 2 unspecified atom stereocenters. The van der Waals surface area contributed by atoms with Crippen molar-refractivity contribution in [1.29, 1.82) is 0 Å². The summed E-state index contributed by atoms with van der Waals surface area (Å²) >= 11 is 0. The fraction of sp³-hybridized carbons (Fsp3) is 0.667. The van der Waals surface area contributed by atoms with Crippen LogP contribution in [0.2, 0.25) is 0 Å². The number of amides is 2. The number of rotatable bonds is 6. The van der Waals surface area contributed by atoms with Gasteiger partial charge in [-0.1, -0.05) is 19.9 Å². The fourth-order valence-electron chi connectivity index (χ4n) is 2.43. The monoisotopic (exact) mass is 296 g/mol. The Morgan fingerprint density at radius 1 is 1.43 bits per heavy atom.